The van der Waals surface area contributed by atoms with Crippen LogP contribution < -0.4 is 5.32 Å². The zero-order valence-electron chi connectivity index (χ0n) is 8.63. The number of halogens is 1. The van der Waals surface area contributed by atoms with Gasteiger partial charge in [0.05, 0.1) is 5.52 Å². The van der Waals surface area contributed by atoms with E-state index in [-0.39, 0.29) is 0 Å². The highest BCUT2D eigenvalue weighted by atomic mass is 79.9. The van der Waals surface area contributed by atoms with Crippen molar-refractivity contribution in [3.8, 4) is 0 Å². The number of rotatable bonds is 3. The third-order valence-electron chi connectivity index (χ3n) is 2.38. The fourth-order valence-corrected chi connectivity index (χ4v) is 1.90. The lowest BCUT2D eigenvalue weighted by Gasteiger charge is -2.03. The summed E-state index contributed by atoms with van der Waals surface area (Å²) in [4.78, 5) is 4.40. The third kappa shape index (κ3) is 2.55. The van der Waals surface area contributed by atoms with Gasteiger partial charge in [0.1, 0.15) is 4.60 Å². The number of nitrogens with one attached hydrogen (secondary N) is 1. The molecule has 15 heavy (non-hydrogen) atoms. The molecule has 0 bridgehead atoms. The molecule has 0 aliphatic rings. The maximum atomic E-state index is 4.40. The molecule has 0 aliphatic heterocycles. The Morgan fingerprint density at radius 2 is 2.13 bits per heavy atom. The van der Waals surface area contributed by atoms with Gasteiger partial charge in [0.2, 0.25) is 0 Å². The largest absolute Gasteiger partial charge is 0.319 e. The third-order valence-corrected chi connectivity index (χ3v) is 2.82. The zero-order chi connectivity index (χ0) is 10.7. The first kappa shape index (κ1) is 10.6. The molecule has 0 unspecified atom stereocenters. The van der Waals surface area contributed by atoms with Crippen LogP contribution >= 0.6 is 15.9 Å². The van der Waals surface area contributed by atoms with E-state index in [1.165, 1.54) is 10.9 Å². The van der Waals surface area contributed by atoms with Crippen LogP contribution in [0.4, 0.5) is 0 Å². The van der Waals surface area contributed by atoms with Gasteiger partial charge in [-0.15, -0.1) is 0 Å². The molecule has 0 aliphatic carbocycles. The number of benzene rings is 1. The number of hydrogen-bond donors (Lipinski definition) is 1. The van der Waals surface area contributed by atoms with E-state index in [2.05, 4.69) is 50.5 Å². The van der Waals surface area contributed by atoms with E-state index in [9.17, 15) is 0 Å². The Kier molecular flexibility index (Phi) is 3.34. The zero-order valence-corrected chi connectivity index (χ0v) is 10.2. The minimum Gasteiger partial charge on any atom is -0.319 e. The lowest BCUT2D eigenvalue weighted by Crippen LogP contribution is -2.10. The molecular formula is C12H13BrN2. The van der Waals surface area contributed by atoms with Gasteiger partial charge in [0.25, 0.3) is 0 Å². The first-order chi connectivity index (χ1) is 7.29. The molecule has 0 spiro atoms. The molecule has 1 aromatic heterocycles. The van der Waals surface area contributed by atoms with Crippen molar-refractivity contribution in [2.75, 3.05) is 13.6 Å². The second-order valence-corrected chi connectivity index (χ2v) is 4.33. The van der Waals surface area contributed by atoms with Gasteiger partial charge in [0, 0.05) is 5.39 Å². The Labute approximate surface area is 97.8 Å². The van der Waals surface area contributed by atoms with Crippen molar-refractivity contribution < 1.29 is 0 Å². The lowest BCUT2D eigenvalue weighted by atomic mass is 10.1. The molecule has 0 radical (unpaired) electrons. The van der Waals surface area contributed by atoms with Crippen molar-refractivity contribution in [2.24, 2.45) is 0 Å². The molecule has 1 aromatic carbocycles. The maximum Gasteiger partial charge on any atom is 0.106 e. The summed E-state index contributed by atoms with van der Waals surface area (Å²) in [7, 11) is 1.97. The number of pyridine rings is 1. The van der Waals surface area contributed by atoms with Crippen LogP contribution in [0.5, 0.6) is 0 Å². The van der Waals surface area contributed by atoms with Crippen LogP contribution in [-0.4, -0.2) is 18.6 Å². The average Bonchev–Trinajstić information content (AvgIpc) is 2.26. The fourth-order valence-electron chi connectivity index (χ4n) is 1.58. The summed E-state index contributed by atoms with van der Waals surface area (Å²) < 4.78 is 0.887. The van der Waals surface area contributed by atoms with Crippen LogP contribution in [0.15, 0.2) is 34.9 Å². The van der Waals surface area contributed by atoms with Gasteiger partial charge in [-0.05, 0) is 59.7 Å². The Balaban J connectivity index is 2.34. The van der Waals surface area contributed by atoms with E-state index in [0.29, 0.717) is 0 Å². The topological polar surface area (TPSA) is 24.9 Å². The Morgan fingerprint density at radius 1 is 1.27 bits per heavy atom. The second kappa shape index (κ2) is 4.73. The highest BCUT2D eigenvalue weighted by Crippen LogP contribution is 2.17. The maximum absolute atomic E-state index is 4.40. The van der Waals surface area contributed by atoms with Gasteiger partial charge in [-0.3, -0.25) is 0 Å². The van der Waals surface area contributed by atoms with E-state index >= 15 is 0 Å². The first-order valence-corrected chi connectivity index (χ1v) is 5.79. The van der Waals surface area contributed by atoms with Crippen molar-refractivity contribution in [1.29, 1.82) is 0 Å². The molecule has 2 nitrogen and oxygen atoms in total. The fraction of sp³-hybridized carbons (Fsp3) is 0.250. The van der Waals surface area contributed by atoms with Gasteiger partial charge < -0.3 is 5.32 Å². The summed E-state index contributed by atoms with van der Waals surface area (Å²) in [6, 6.07) is 10.5. The number of nitrogens with zero attached hydrogens (tertiary/aromatic N) is 1. The number of aromatic nitrogens is 1. The Morgan fingerprint density at radius 3 is 2.93 bits per heavy atom. The summed E-state index contributed by atoms with van der Waals surface area (Å²) >= 11 is 3.37. The predicted octanol–water partition coefficient (Wildman–Crippen LogP) is 2.76. The van der Waals surface area contributed by atoms with E-state index in [0.717, 1.165) is 23.1 Å². The van der Waals surface area contributed by atoms with Crippen LogP contribution in [0.25, 0.3) is 10.9 Å². The molecule has 2 aromatic rings. The minimum absolute atomic E-state index is 0.887. The van der Waals surface area contributed by atoms with Gasteiger partial charge in [-0.1, -0.05) is 12.1 Å². The summed E-state index contributed by atoms with van der Waals surface area (Å²) in [5.74, 6) is 0. The Bertz CT molecular complexity index is 468. The van der Waals surface area contributed by atoms with Crippen LogP contribution in [0.2, 0.25) is 0 Å². The number of fused-ring (bicyclic) bond motifs is 1. The van der Waals surface area contributed by atoms with Gasteiger partial charge >= 0.3 is 0 Å². The Hall–Kier alpha value is -0.930. The molecule has 0 amide bonds. The van der Waals surface area contributed by atoms with Gasteiger partial charge in [0.15, 0.2) is 0 Å². The standard InChI is InChI=1S/C12H13BrN2/c1-14-7-6-9-2-4-11-10(8-9)3-5-12(13)15-11/h2-5,8,14H,6-7H2,1H3. The molecule has 78 valence electrons. The molecule has 0 saturated carbocycles. The van der Waals surface area contributed by atoms with E-state index in [1.807, 2.05) is 13.1 Å². The highest BCUT2D eigenvalue weighted by molar-refractivity contribution is 9.10. The molecule has 0 saturated heterocycles. The van der Waals surface area contributed by atoms with Crippen LogP contribution in [0.3, 0.4) is 0 Å². The van der Waals surface area contributed by atoms with E-state index < -0.39 is 0 Å². The molecule has 0 atom stereocenters. The van der Waals surface area contributed by atoms with Crippen LogP contribution in [0, 0.1) is 0 Å². The molecule has 1 heterocycles. The van der Waals surface area contributed by atoms with Gasteiger partial charge in [-0.2, -0.15) is 0 Å². The number of likely N-dealkylation sites (N-methyl/N-ethyl adjacent to an activating group) is 1. The van der Waals surface area contributed by atoms with Crippen molar-refractivity contribution in [3.63, 3.8) is 0 Å². The second-order valence-electron chi connectivity index (χ2n) is 3.51. The summed E-state index contributed by atoms with van der Waals surface area (Å²) in [5, 5.41) is 4.35. The van der Waals surface area contributed by atoms with E-state index in [1.54, 1.807) is 0 Å². The predicted molar refractivity (Wildman–Crippen MR) is 67.1 cm³/mol. The minimum atomic E-state index is 0.887. The smallest absolute Gasteiger partial charge is 0.106 e. The number of hydrogen-bond acceptors (Lipinski definition) is 2. The quantitative estimate of drug-likeness (QED) is 0.863. The molecule has 2 rings (SSSR count). The van der Waals surface area contributed by atoms with Crippen molar-refractivity contribution in [1.82, 2.24) is 10.3 Å². The van der Waals surface area contributed by atoms with Crippen LogP contribution in [-0.2, 0) is 6.42 Å². The molecular weight excluding hydrogens is 252 g/mol. The van der Waals surface area contributed by atoms with Crippen molar-refractivity contribution in [2.45, 2.75) is 6.42 Å². The SMILES string of the molecule is CNCCc1ccc2nc(Br)ccc2c1. The molecule has 1 N–H and O–H groups in total. The van der Waals surface area contributed by atoms with Gasteiger partial charge in [-0.25, -0.2) is 4.98 Å². The van der Waals surface area contributed by atoms with E-state index in [4.69, 9.17) is 0 Å². The first-order valence-electron chi connectivity index (χ1n) is 4.99. The average molecular weight is 265 g/mol. The van der Waals surface area contributed by atoms with Crippen molar-refractivity contribution >= 4 is 26.8 Å². The lowest BCUT2D eigenvalue weighted by molar-refractivity contribution is 0.792. The summed E-state index contributed by atoms with van der Waals surface area (Å²) in [6.07, 6.45) is 1.06. The summed E-state index contributed by atoms with van der Waals surface area (Å²) in [6.45, 7) is 1.01. The summed E-state index contributed by atoms with van der Waals surface area (Å²) in [5.41, 5.74) is 2.39. The monoisotopic (exact) mass is 264 g/mol. The molecule has 0 fully saturated rings. The van der Waals surface area contributed by atoms with Crippen LogP contribution in [0.1, 0.15) is 5.56 Å². The van der Waals surface area contributed by atoms with Crippen molar-refractivity contribution in [3.05, 3.63) is 40.5 Å². The normalized spacial score (nSPS) is 10.8. The highest BCUT2D eigenvalue weighted by Gasteiger charge is 1.98. The molecule has 3 heteroatoms.